The minimum absolute atomic E-state index is 1.17. The van der Waals surface area contributed by atoms with Crippen molar-refractivity contribution in [2.24, 2.45) is 0 Å². The van der Waals surface area contributed by atoms with Gasteiger partial charge < -0.3 is 9.13 Å². The Morgan fingerprint density at radius 1 is 0.421 bits per heavy atom. The van der Waals surface area contributed by atoms with Crippen LogP contribution in [-0.4, -0.2) is 9.13 Å². The number of rotatable bonds is 3. The lowest BCUT2D eigenvalue weighted by molar-refractivity contribution is 0.667. The molecule has 38 heavy (non-hydrogen) atoms. The summed E-state index contributed by atoms with van der Waals surface area (Å²) in [4.78, 5) is 0. The molecule has 2 heterocycles. The van der Waals surface area contributed by atoms with E-state index < -0.39 is 0 Å². The van der Waals surface area contributed by atoms with Crippen molar-refractivity contribution in [1.29, 1.82) is 0 Å². The molecule has 0 saturated heterocycles. The van der Waals surface area contributed by atoms with E-state index >= 15 is 0 Å². The first kappa shape index (κ1) is 22.0. The average molecular weight is 493 g/mol. The van der Waals surface area contributed by atoms with Gasteiger partial charge >= 0.3 is 0 Å². The third-order valence-corrected chi connectivity index (χ3v) is 8.90. The minimum Gasteiger partial charge on any atom is -0.313 e. The highest BCUT2D eigenvalue weighted by atomic mass is 15.0. The topological polar surface area (TPSA) is 9.86 Å². The van der Waals surface area contributed by atoms with Crippen molar-refractivity contribution in [3.05, 3.63) is 120 Å². The monoisotopic (exact) mass is 492 g/mol. The second kappa shape index (κ2) is 8.77. The molecule has 0 spiro atoms. The number of aromatic nitrogens is 2. The van der Waals surface area contributed by atoms with Crippen LogP contribution in [0.3, 0.4) is 0 Å². The lowest BCUT2D eigenvalue weighted by Crippen LogP contribution is -2.06. The van der Waals surface area contributed by atoms with Crippen LogP contribution in [0.4, 0.5) is 0 Å². The van der Waals surface area contributed by atoms with E-state index in [1.165, 1.54) is 107 Å². The fourth-order valence-corrected chi connectivity index (χ4v) is 7.19. The van der Waals surface area contributed by atoms with Crippen LogP contribution < -0.4 is 0 Å². The number of hydrogen-bond acceptors (Lipinski definition) is 0. The Bertz CT molecular complexity index is 1670. The van der Waals surface area contributed by atoms with E-state index in [-0.39, 0.29) is 0 Å². The fourth-order valence-electron chi connectivity index (χ4n) is 7.19. The molecule has 2 aliphatic carbocycles. The third-order valence-electron chi connectivity index (χ3n) is 8.90. The predicted molar refractivity (Wildman–Crippen MR) is 159 cm³/mol. The van der Waals surface area contributed by atoms with Gasteiger partial charge in [0.25, 0.3) is 0 Å². The summed E-state index contributed by atoms with van der Waals surface area (Å²) in [5, 5.41) is 2.87. The number of aryl methyl sites for hydroxylation is 2. The maximum absolute atomic E-state index is 2.52. The van der Waals surface area contributed by atoms with Crippen molar-refractivity contribution in [1.82, 2.24) is 9.13 Å². The van der Waals surface area contributed by atoms with Crippen molar-refractivity contribution < 1.29 is 0 Å². The molecule has 186 valence electrons. The van der Waals surface area contributed by atoms with Crippen LogP contribution in [0.25, 0.3) is 44.3 Å². The second-order valence-corrected chi connectivity index (χ2v) is 11.1. The Balaban J connectivity index is 1.31. The highest BCUT2D eigenvalue weighted by Crippen LogP contribution is 2.39. The van der Waals surface area contributed by atoms with Crippen molar-refractivity contribution in [3.63, 3.8) is 0 Å². The maximum atomic E-state index is 2.52. The summed E-state index contributed by atoms with van der Waals surface area (Å²) in [7, 11) is 0. The van der Waals surface area contributed by atoms with Gasteiger partial charge in [0.2, 0.25) is 0 Å². The number of benzene rings is 4. The fraction of sp³-hybridized carbons (Fsp3) is 0.222. The van der Waals surface area contributed by atoms with Gasteiger partial charge in [-0.15, -0.1) is 0 Å². The first-order valence-corrected chi connectivity index (χ1v) is 14.3. The van der Waals surface area contributed by atoms with Gasteiger partial charge in [0, 0.05) is 33.5 Å². The van der Waals surface area contributed by atoms with Crippen molar-refractivity contribution in [3.8, 4) is 22.5 Å². The van der Waals surface area contributed by atoms with Crippen LogP contribution in [0.15, 0.2) is 97.1 Å². The van der Waals surface area contributed by atoms with E-state index in [1.807, 2.05) is 0 Å². The zero-order chi connectivity index (χ0) is 25.1. The molecule has 0 fully saturated rings. The molecule has 0 N–H and O–H groups in total. The Kier molecular flexibility index (Phi) is 5.07. The Labute approximate surface area is 224 Å². The number of fused-ring (bicyclic) bond motifs is 6. The molecule has 8 rings (SSSR count). The van der Waals surface area contributed by atoms with Crippen LogP contribution in [0.5, 0.6) is 0 Å². The predicted octanol–water partition coefficient (Wildman–Crippen LogP) is 9.00. The normalized spacial score (nSPS) is 15.1. The van der Waals surface area contributed by atoms with Gasteiger partial charge in [-0.2, -0.15) is 0 Å². The quantitative estimate of drug-likeness (QED) is 0.233. The first-order valence-electron chi connectivity index (χ1n) is 14.3. The SMILES string of the molecule is c1ccc(-n2c3c(c4cc(-c5ccc6c(c5)c5c(n6-c6ccccc6)CCCC5)ccc42)CCCC3)cc1. The minimum atomic E-state index is 1.17. The molecule has 0 atom stereocenters. The van der Waals surface area contributed by atoms with E-state index in [1.54, 1.807) is 11.1 Å². The third kappa shape index (κ3) is 3.33. The van der Waals surface area contributed by atoms with Crippen LogP contribution in [0.2, 0.25) is 0 Å². The van der Waals surface area contributed by atoms with Crippen molar-refractivity contribution in [2.75, 3.05) is 0 Å². The smallest absolute Gasteiger partial charge is 0.0534 e. The van der Waals surface area contributed by atoms with Gasteiger partial charge in [0.1, 0.15) is 0 Å². The molecule has 2 heteroatoms. The first-order chi connectivity index (χ1) is 18.9. The molecule has 0 saturated carbocycles. The van der Waals surface area contributed by atoms with E-state index in [2.05, 4.69) is 106 Å². The molecule has 0 unspecified atom stereocenters. The van der Waals surface area contributed by atoms with Crippen LogP contribution in [0.1, 0.15) is 48.2 Å². The molecule has 6 aromatic rings. The van der Waals surface area contributed by atoms with E-state index in [0.717, 1.165) is 0 Å². The summed E-state index contributed by atoms with van der Waals surface area (Å²) < 4.78 is 5.04. The number of nitrogens with zero attached hydrogens (tertiary/aromatic N) is 2. The molecule has 0 bridgehead atoms. The summed E-state index contributed by atoms with van der Waals surface area (Å²) in [6, 6.07) is 36.2. The number of para-hydroxylation sites is 2. The van der Waals surface area contributed by atoms with Crippen LogP contribution >= 0.6 is 0 Å². The molecule has 0 amide bonds. The molecule has 2 aliphatic rings. The summed E-state index contributed by atoms with van der Waals surface area (Å²) >= 11 is 0. The molecular formula is C36H32N2. The Morgan fingerprint density at radius 2 is 0.842 bits per heavy atom. The van der Waals surface area contributed by atoms with E-state index in [4.69, 9.17) is 0 Å². The average Bonchev–Trinajstić information content (AvgIpc) is 3.50. The molecule has 2 aromatic heterocycles. The molecule has 2 nitrogen and oxygen atoms in total. The largest absolute Gasteiger partial charge is 0.313 e. The summed E-state index contributed by atoms with van der Waals surface area (Å²) in [5.74, 6) is 0. The zero-order valence-corrected chi connectivity index (χ0v) is 21.8. The van der Waals surface area contributed by atoms with Crippen LogP contribution in [0, 0.1) is 0 Å². The molecule has 0 radical (unpaired) electrons. The van der Waals surface area contributed by atoms with Gasteiger partial charge in [-0.05, 0) is 122 Å². The zero-order valence-electron chi connectivity index (χ0n) is 21.8. The lowest BCUT2D eigenvalue weighted by Gasteiger charge is -2.16. The highest BCUT2D eigenvalue weighted by molar-refractivity contribution is 5.95. The van der Waals surface area contributed by atoms with Crippen LogP contribution in [-0.2, 0) is 25.7 Å². The Morgan fingerprint density at radius 3 is 1.29 bits per heavy atom. The summed E-state index contributed by atoms with van der Waals surface area (Å²) in [5.41, 5.74) is 14.1. The number of hydrogen-bond donors (Lipinski definition) is 0. The summed E-state index contributed by atoms with van der Waals surface area (Å²) in [6.45, 7) is 0. The van der Waals surface area contributed by atoms with Crippen molar-refractivity contribution in [2.45, 2.75) is 51.4 Å². The van der Waals surface area contributed by atoms with E-state index in [0.29, 0.717) is 0 Å². The second-order valence-electron chi connectivity index (χ2n) is 11.1. The van der Waals surface area contributed by atoms with Gasteiger partial charge in [-0.25, -0.2) is 0 Å². The molecular weight excluding hydrogens is 460 g/mol. The van der Waals surface area contributed by atoms with Gasteiger partial charge in [0.15, 0.2) is 0 Å². The van der Waals surface area contributed by atoms with Gasteiger partial charge in [-0.1, -0.05) is 48.5 Å². The maximum Gasteiger partial charge on any atom is 0.0534 e. The van der Waals surface area contributed by atoms with Gasteiger partial charge in [-0.3, -0.25) is 0 Å². The Hall–Kier alpha value is -4.04. The highest BCUT2D eigenvalue weighted by Gasteiger charge is 2.23. The van der Waals surface area contributed by atoms with Crippen molar-refractivity contribution >= 4 is 21.8 Å². The van der Waals surface area contributed by atoms with Gasteiger partial charge in [0.05, 0.1) is 11.0 Å². The lowest BCUT2D eigenvalue weighted by atomic mass is 9.93. The standard InChI is InChI=1S/C36H32N2/c1-3-11-27(12-4-1)37-33-17-9-7-15-29(33)31-23-25(19-21-35(31)37)26-20-22-36-32(24-26)30-16-8-10-18-34(30)38(36)28-13-5-2-6-14-28/h1-6,11-14,19-24H,7-10,15-18H2. The van der Waals surface area contributed by atoms with E-state index in [9.17, 15) is 0 Å². The summed E-state index contributed by atoms with van der Waals surface area (Å²) in [6.07, 6.45) is 9.83. The molecule has 4 aromatic carbocycles. The molecule has 0 aliphatic heterocycles.